The van der Waals surface area contributed by atoms with Crippen LogP contribution in [0.25, 0.3) is 0 Å². The highest BCUT2D eigenvalue weighted by atomic mass is 32.2. The van der Waals surface area contributed by atoms with Gasteiger partial charge in [0.15, 0.2) is 0 Å². The minimum absolute atomic E-state index is 0.149. The molecule has 116 valence electrons. The van der Waals surface area contributed by atoms with Crippen LogP contribution in [0.2, 0.25) is 0 Å². The van der Waals surface area contributed by atoms with Crippen molar-refractivity contribution in [2.75, 3.05) is 18.3 Å². The van der Waals surface area contributed by atoms with E-state index in [1.165, 1.54) is 18.6 Å². The molecule has 2 rings (SSSR count). The minimum Gasteiger partial charge on any atom is -0.320 e. The van der Waals surface area contributed by atoms with Gasteiger partial charge in [0.05, 0.1) is 18.1 Å². The van der Waals surface area contributed by atoms with Crippen LogP contribution < -0.4 is 10.0 Å². The van der Waals surface area contributed by atoms with Crippen molar-refractivity contribution in [3.05, 3.63) is 24.8 Å². The van der Waals surface area contributed by atoms with Crippen LogP contribution in [0.3, 0.4) is 0 Å². The molecule has 0 unspecified atom stereocenters. The minimum atomic E-state index is -3.62. The summed E-state index contributed by atoms with van der Waals surface area (Å²) >= 11 is 0. The third-order valence-corrected chi connectivity index (χ3v) is 4.28. The summed E-state index contributed by atoms with van der Waals surface area (Å²) in [6.45, 7) is 4.14. The first kappa shape index (κ1) is 15.5. The Hall–Kier alpha value is -1.87. The van der Waals surface area contributed by atoms with Crippen LogP contribution in [0.1, 0.15) is 13.3 Å². The third kappa shape index (κ3) is 4.05. The average Bonchev–Trinajstić information content (AvgIpc) is 3.08. The Labute approximate surface area is 124 Å². The summed E-state index contributed by atoms with van der Waals surface area (Å²) in [7, 11) is -1.75. The van der Waals surface area contributed by atoms with Crippen LogP contribution in [0, 0.1) is 0 Å². The fourth-order valence-corrected chi connectivity index (χ4v) is 2.81. The molecule has 0 spiro atoms. The van der Waals surface area contributed by atoms with Crippen LogP contribution in [0.5, 0.6) is 0 Å². The van der Waals surface area contributed by atoms with E-state index in [9.17, 15) is 8.42 Å². The summed E-state index contributed by atoms with van der Waals surface area (Å²) < 4.78 is 30.2. The van der Waals surface area contributed by atoms with E-state index in [2.05, 4.69) is 20.2 Å². The number of rotatable bonds is 8. The zero-order chi connectivity index (χ0) is 15.3. The third-order valence-electron chi connectivity index (χ3n) is 2.94. The Morgan fingerprint density at radius 1 is 1.19 bits per heavy atom. The number of aromatic nitrogens is 4. The van der Waals surface area contributed by atoms with Crippen LogP contribution in [-0.4, -0.2) is 41.6 Å². The van der Waals surface area contributed by atoms with Gasteiger partial charge in [-0.05, 0) is 26.9 Å². The summed E-state index contributed by atoms with van der Waals surface area (Å²) in [4.78, 5) is 0.149. The fraction of sp³-hybridized carbons (Fsp3) is 0.500. The molecule has 8 nitrogen and oxygen atoms in total. The molecule has 0 saturated heterocycles. The van der Waals surface area contributed by atoms with Gasteiger partial charge in [-0.25, -0.2) is 8.42 Å². The van der Waals surface area contributed by atoms with Gasteiger partial charge in [0.25, 0.3) is 10.0 Å². The second-order valence-electron chi connectivity index (χ2n) is 4.59. The van der Waals surface area contributed by atoms with Gasteiger partial charge in [0.1, 0.15) is 4.90 Å². The molecule has 0 bridgehead atoms. The molecule has 0 amide bonds. The standard InChI is InChI=1S/C12H20N6O2S/c1-3-17-9-11(7-14-17)16-21(19,20)12-8-15-18(10-12)6-4-5-13-2/h7-10,13,16H,3-6H2,1-2H3. The number of sulfonamides is 1. The lowest BCUT2D eigenvalue weighted by Gasteiger charge is -2.03. The first-order valence-corrected chi connectivity index (χ1v) is 8.26. The largest absolute Gasteiger partial charge is 0.320 e. The monoisotopic (exact) mass is 312 g/mol. The summed E-state index contributed by atoms with van der Waals surface area (Å²) in [6, 6.07) is 0. The zero-order valence-electron chi connectivity index (χ0n) is 12.2. The second kappa shape index (κ2) is 6.72. The molecule has 9 heteroatoms. The molecular weight excluding hydrogens is 292 g/mol. The molecule has 0 fully saturated rings. The Morgan fingerprint density at radius 2 is 1.95 bits per heavy atom. The maximum atomic E-state index is 12.2. The molecule has 2 aromatic rings. The number of aryl methyl sites for hydroxylation is 2. The average molecular weight is 312 g/mol. The van der Waals surface area contributed by atoms with Gasteiger partial charge >= 0.3 is 0 Å². The van der Waals surface area contributed by atoms with Crippen LogP contribution in [-0.2, 0) is 23.1 Å². The van der Waals surface area contributed by atoms with Crippen LogP contribution >= 0.6 is 0 Å². The van der Waals surface area contributed by atoms with Crippen LogP contribution in [0.15, 0.2) is 29.7 Å². The number of nitrogens with zero attached hydrogens (tertiary/aromatic N) is 4. The lowest BCUT2D eigenvalue weighted by molar-refractivity contribution is 0.561. The van der Waals surface area contributed by atoms with Crippen molar-refractivity contribution in [3.63, 3.8) is 0 Å². The van der Waals surface area contributed by atoms with Gasteiger partial charge in [-0.1, -0.05) is 0 Å². The molecule has 0 aliphatic rings. The Bertz CT molecular complexity index is 675. The lowest BCUT2D eigenvalue weighted by atomic mass is 10.4. The summed E-state index contributed by atoms with van der Waals surface area (Å²) in [5, 5.41) is 11.1. The summed E-state index contributed by atoms with van der Waals surface area (Å²) in [5.74, 6) is 0. The van der Waals surface area contributed by atoms with Crippen molar-refractivity contribution < 1.29 is 8.42 Å². The molecule has 0 aliphatic heterocycles. The Morgan fingerprint density at radius 3 is 2.62 bits per heavy atom. The number of anilines is 1. The summed E-state index contributed by atoms with van der Waals surface area (Å²) in [5.41, 5.74) is 0.444. The van der Waals surface area contributed by atoms with Gasteiger partial charge in [0, 0.05) is 25.5 Å². The van der Waals surface area contributed by atoms with Gasteiger partial charge in [0.2, 0.25) is 0 Å². The molecule has 0 aromatic carbocycles. The Kier molecular flexibility index (Phi) is 4.97. The molecular formula is C12H20N6O2S. The van der Waals surface area contributed by atoms with E-state index in [0.717, 1.165) is 13.0 Å². The van der Waals surface area contributed by atoms with Gasteiger partial charge in [-0.3, -0.25) is 14.1 Å². The van der Waals surface area contributed by atoms with Crippen molar-refractivity contribution in [3.8, 4) is 0 Å². The van der Waals surface area contributed by atoms with E-state index in [4.69, 9.17) is 0 Å². The highest BCUT2D eigenvalue weighted by molar-refractivity contribution is 7.92. The number of hydrogen-bond acceptors (Lipinski definition) is 5. The van der Waals surface area contributed by atoms with Crippen molar-refractivity contribution in [1.82, 2.24) is 24.9 Å². The maximum absolute atomic E-state index is 12.2. The van der Waals surface area contributed by atoms with Gasteiger partial charge in [-0.15, -0.1) is 0 Å². The van der Waals surface area contributed by atoms with Gasteiger partial charge < -0.3 is 5.32 Å². The normalized spacial score (nSPS) is 11.7. The lowest BCUT2D eigenvalue weighted by Crippen LogP contribution is -2.12. The van der Waals surface area contributed by atoms with Crippen LogP contribution in [0.4, 0.5) is 5.69 Å². The molecule has 2 N–H and O–H groups in total. The number of hydrogen-bond donors (Lipinski definition) is 2. The van der Waals surface area contributed by atoms with E-state index >= 15 is 0 Å². The maximum Gasteiger partial charge on any atom is 0.265 e. The van der Waals surface area contributed by atoms with Crippen molar-refractivity contribution in [2.45, 2.75) is 31.3 Å². The van der Waals surface area contributed by atoms with Gasteiger partial charge in [-0.2, -0.15) is 10.2 Å². The second-order valence-corrected chi connectivity index (χ2v) is 6.27. The smallest absolute Gasteiger partial charge is 0.265 e. The predicted octanol–water partition coefficient (Wildman–Crippen LogP) is 0.510. The molecule has 2 heterocycles. The molecule has 0 saturated carbocycles. The molecule has 21 heavy (non-hydrogen) atoms. The van der Waals surface area contributed by atoms with E-state index in [-0.39, 0.29) is 4.90 Å². The quantitative estimate of drug-likeness (QED) is 0.693. The van der Waals surface area contributed by atoms with E-state index in [1.54, 1.807) is 15.6 Å². The molecule has 0 radical (unpaired) electrons. The molecule has 0 atom stereocenters. The van der Waals surface area contributed by atoms with Crippen molar-refractivity contribution in [2.24, 2.45) is 0 Å². The van der Waals surface area contributed by atoms with Crippen molar-refractivity contribution in [1.29, 1.82) is 0 Å². The zero-order valence-corrected chi connectivity index (χ0v) is 13.0. The predicted molar refractivity (Wildman–Crippen MR) is 79.5 cm³/mol. The van der Waals surface area contributed by atoms with Crippen molar-refractivity contribution >= 4 is 15.7 Å². The first-order chi connectivity index (χ1) is 10.0. The Balaban J connectivity index is 2.05. The highest BCUT2D eigenvalue weighted by Crippen LogP contribution is 2.14. The topological polar surface area (TPSA) is 93.8 Å². The van der Waals surface area contributed by atoms with E-state index < -0.39 is 10.0 Å². The van der Waals surface area contributed by atoms with E-state index in [1.807, 2.05) is 14.0 Å². The molecule has 2 aromatic heterocycles. The fourth-order valence-electron chi connectivity index (χ4n) is 1.83. The molecule has 0 aliphatic carbocycles. The first-order valence-electron chi connectivity index (χ1n) is 6.77. The SMILES string of the molecule is CCn1cc(NS(=O)(=O)c2cnn(CCCNC)c2)cn1. The van der Waals surface area contributed by atoms with E-state index in [0.29, 0.717) is 18.8 Å². The summed E-state index contributed by atoms with van der Waals surface area (Å²) in [6.07, 6.45) is 6.90. The highest BCUT2D eigenvalue weighted by Gasteiger charge is 2.17. The number of nitrogens with one attached hydrogen (secondary N) is 2.